The number of benzene rings is 1. The molecule has 1 aliphatic carbocycles. The Hall–Kier alpha value is -1.43. The van der Waals surface area contributed by atoms with Gasteiger partial charge in [-0.2, -0.15) is 0 Å². The van der Waals surface area contributed by atoms with Gasteiger partial charge in [-0.15, -0.1) is 0 Å². The van der Waals surface area contributed by atoms with E-state index in [0.29, 0.717) is 5.56 Å². The van der Waals surface area contributed by atoms with Crippen LogP contribution >= 0.6 is 15.9 Å². The van der Waals surface area contributed by atoms with Gasteiger partial charge in [-0.05, 0) is 25.3 Å². The lowest BCUT2D eigenvalue weighted by atomic mass is 9.94. The summed E-state index contributed by atoms with van der Waals surface area (Å²) in [6, 6.07) is 4.72. The summed E-state index contributed by atoms with van der Waals surface area (Å²) in [7, 11) is 0. The number of nitrogens with zero attached hydrogens (tertiary/aromatic N) is 1. The molecule has 1 amide bonds. The van der Waals surface area contributed by atoms with Crippen molar-refractivity contribution in [1.82, 2.24) is 5.32 Å². The van der Waals surface area contributed by atoms with Crippen LogP contribution in [0.2, 0.25) is 0 Å². The molecule has 0 saturated heterocycles. The van der Waals surface area contributed by atoms with E-state index in [1.54, 1.807) is 19.1 Å². The van der Waals surface area contributed by atoms with Crippen molar-refractivity contribution in [3.05, 3.63) is 39.4 Å². The molecule has 1 saturated carbocycles. The Labute approximate surface area is 126 Å². The van der Waals surface area contributed by atoms with E-state index in [0.717, 1.165) is 25.7 Å². The van der Waals surface area contributed by atoms with Crippen LogP contribution in [0.25, 0.3) is 0 Å². The molecule has 108 valence electrons. The van der Waals surface area contributed by atoms with Crippen LogP contribution in [0.5, 0.6) is 0 Å². The fourth-order valence-electron chi connectivity index (χ4n) is 2.59. The van der Waals surface area contributed by atoms with Crippen molar-refractivity contribution >= 4 is 27.5 Å². The molecule has 5 nitrogen and oxygen atoms in total. The smallest absolute Gasteiger partial charge is 0.282 e. The van der Waals surface area contributed by atoms with Crippen molar-refractivity contribution in [3.63, 3.8) is 0 Å². The molecule has 2 unspecified atom stereocenters. The molecule has 1 aliphatic rings. The third kappa shape index (κ3) is 3.17. The van der Waals surface area contributed by atoms with Gasteiger partial charge in [-0.3, -0.25) is 14.9 Å². The Morgan fingerprint density at radius 3 is 2.75 bits per heavy atom. The summed E-state index contributed by atoms with van der Waals surface area (Å²) in [4.78, 5) is 23.2. The molecule has 6 heteroatoms. The summed E-state index contributed by atoms with van der Waals surface area (Å²) in [5.41, 5.74) is 0.658. The van der Waals surface area contributed by atoms with E-state index < -0.39 is 4.92 Å². The van der Waals surface area contributed by atoms with Crippen molar-refractivity contribution in [2.24, 2.45) is 0 Å². The van der Waals surface area contributed by atoms with Gasteiger partial charge in [0.15, 0.2) is 0 Å². The van der Waals surface area contributed by atoms with E-state index >= 15 is 0 Å². The Balaban J connectivity index is 2.23. The third-order valence-corrected chi connectivity index (χ3v) is 4.77. The van der Waals surface area contributed by atoms with Gasteiger partial charge in [0.05, 0.1) is 4.92 Å². The third-order valence-electron chi connectivity index (χ3n) is 3.67. The lowest BCUT2D eigenvalue weighted by Crippen LogP contribution is -2.43. The van der Waals surface area contributed by atoms with Crippen LogP contribution in [-0.4, -0.2) is 21.7 Å². The van der Waals surface area contributed by atoms with E-state index in [1.807, 2.05) is 0 Å². The normalized spacial score (nSPS) is 22.3. The van der Waals surface area contributed by atoms with Gasteiger partial charge in [0.25, 0.3) is 11.6 Å². The second-order valence-electron chi connectivity index (χ2n) is 5.11. The Morgan fingerprint density at radius 1 is 1.40 bits per heavy atom. The van der Waals surface area contributed by atoms with Gasteiger partial charge in [0.1, 0.15) is 5.56 Å². The van der Waals surface area contributed by atoms with Gasteiger partial charge in [-0.1, -0.05) is 40.9 Å². The van der Waals surface area contributed by atoms with Crippen molar-refractivity contribution in [2.75, 3.05) is 0 Å². The van der Waals surface area contributed by atoms with Gasteiger partial charge in [-0.25, -0.2) is 0 Å². The highest BCUT2D eigenvalue weighted by Crippen LogP contribution is 2.26. The summed E-state index contributed by atoms with van der Waals surface area (Å²) in [6.07, 6.45) is 4.14. The van der Waals surface area contributed by atoms with E-state index in [2.05, 4.69) is 21.2 Å². The number of halogens is 1. The number of hydrogen-bond acceptors (Lipinski definition) is 3. The first-order valence-electron chi connectivity index (χ1n) is 6.69. The molecule has 1 fully saturated rings. The molecule has 0 aromatic heterocycles. The zero-order chi connectivity index (χ0) is 14.7. The summed E-state index contributed by atoms with van der Waals surface area (Å²) < 4.78 is 0. The molecule has 1 N–H and O–H groups in total. The first kappa shape index (κ1) is 15.0. The first-order valence-corrected chi connectivity index (χ1v) is 7.61. The maximum atomic E-state index is 12.4. The predicted octanol–water partition coefficient (Wildman–Crippen LogP) is 3.34. The number of rotatable bonds is 3. The van der Waals surface area contributed by atoms with Gasteiger partial charge < -0.3 is 5.32 Å². The Morgan fingerprint density at radius 2 is 2.10 bits per heavy atom. The van der Waals surface area contributed by atoms with Crippen LogP contribution in [0, 0.1) is 17.0 Å². The number of carbonyl (C=O) groups excluding carboxylic acids is 1. The fraction of sp³-hybridized carbons (Fsp3) is 0.500. The minimum atomic E-state index is -0.506. The average Bonchev–Trinajstić information content (AvgIpc) is 2.40. The van der Waals surface area contributed by atoms with Gasteiger partial charge >= 0.3 is 0 Å². The minimum absolute atomic E-state index is 0.0375. The predicted molar refractivity (Wildman–Crippen MR) is 80.3 cm³/mol. The zero-order valence-corrected chi connectivity index (χ0v) is 12.9. The molecule has 1 aromatic rings. The highest BCUT2D eigenvalue weighted by molar-refractivity contribution is 9.09. The number of hydrogen-bond donors (Lipinski definition) is 1. The number of aryl methyl sites for hydroxylation is 1. The lowest BCUT2D eigenvalue weighted by Gasteiger charge is -2.28. The van der Waals surface area contributed by atoms with E-state index in [1.165, 1.54) is 6.07 Å². The summed E-state index contributed by atoms with van der Waals surface area (Å²) in [5.74, 6) is -0.355. The maximum Gasteiger partial charge on any atom is 0.282 e. The van der Waals surface area contributed by atoms with E-state index in [-0.39, 0.29) is 28.0 Å². The standard InChI is InChI=1S/C14H17BrN2O3/c1-9-5-4-8-12(17(19)20)13(9)14(18)16-11-7-3-2-6-10(11)15/h4-5,8,10-11H,2-3,6-7H2,1H3,(H,16,18). The number of nitro benzene ring substituents is 1. The molecule has 0 heterocycles. The van der Waals surface area contributed by atoms with Crippen molar-refractivity contribution < 1.29 is 9.72 Å². The largest absolute Gasteiger partial charge is 0.348 e. The summed E-state index contributed by atoms with van der Waals surface area (Å²) in [5, 5.41) is 14.0. The number of amides is 1. The number of nitro groups is 1. The average molecular weight is 341 g/mol. The lowest BCUT2D eigenvalue weighted by molar-refractivity contribution is -0.385. The number of carbonyl (C=O) groups is 1. The van der Waals surface area contributed by atoms with Crippen LogP contribution in [0.4, 0.5) is 5.69 Å². The monoisotopic (exact) mass is 340 g/mol. The minimum Gasteiger partial charge on any atom is -0.348 e. The number of nitrogens with one attached hydrogen (secondary N) is 1. The molecular weight excluding hydrogens is 324 g/mol. The van der Waals surface area contributed by atoms with Crippen molar-refractivity contribution in [2.45, 2.75) is 43.5 Å². The quantitative estimate of drug-likeness (QED) is 0.521. The SMILES string of the molecule is Cc1cccc([N+](=O)[O-])c1C(=O)NC1CCCCC1Br. The van der Waals surface area contributed by atoms with E-state index in [4.69, 9.17) is 0 Å². The Kier molecular flexibility index (Phi) is 4.75. The topological polar surface area (TPSA) is 72.2 Å². The Bertz CT molecular complexity index is 533. The molecular formula is C14H17BrN2O3. The number of alkyl halides is 1. The molecule has 2 rings (SSSR count). The van der Waals surface area contributed by atoms with Crippen LogP contribution in [-0.2, 0) is 0 Å². The fourth-order valence-corrected chi connectivity index (χ4v) is 3.31. The van der Waals surface area contributed by atoms with Gasteiger partial charge in [0, 0.05) is 16.9 Å². The van der Waals surface area contributed by atoms with Crippen molar-refractivity contribution in [3.8, 4) is 0 Å². The molecule has 0 radical (unpaired) electrons. The molecule has 1 aromatic carbocycles. The molecule has 20 heavy (non-hydrogen) atoms. The van der Waals surface area contributed by atoms with Crippen LogP contribution in [0.3, 0.4) is 0 Å². The van der Waals surface area contributed by atoms with Crippen LogP contribution < -0.4 is 5.32 Å². The molecule has 2 atom stereocenters. The second kappa shape index (κ2) is 6.35. The summed E-state index contributed by atoms with van der Waals surface area (Å²) in [6.45, 7) is 1.72. The molecule has 0 spiro atoms. The first-order chi connectivity index (χ1) is 9.50. The highest BCUT2D eigenvalue weighted by atomic mass is 79.9. The van der Waals surface area contributed by atoms with Crippen molar-refractivity contribution in [1.29, 1.82) is 0 Å². The summed E-state index contributed by atoms with van der Waals surface area (Å²) >= 11 is 3.57. The second-order valence-corrected chi connectivity index (χ2v) is 6.28. The molecule has 0 bridgehead atoms. The molecule has 0 aliphatic heterocycles. The highest BCUT2D eigenvalue weighted by Gasteiger charge is 2.28. The maximum absolute atomic E-state index is 12.4. The van der Waals surface area contributed by atoms with Gasteiger partial charge in [0.2, 0.25) is 0 Å². The van der Waals surface area contributed by atoms with E-state index in [9.17, 15) is 14.9 Å². The van der Waals surface area contributed by atoms with Crippen LogP contribution in [0.1, 0.15) is 41.6 Å². The van der Waals surface area contributed by atoms with Crippen LogP contribution in [0.15, 0.2) is 18.2 Å². The zero-order valence-electron chi connectivity index (χ0n) is 11.3.